The molecule has 102 valence electrons. The Kier molecular flexibility index (Phi) is 3.99. The standard InChI is InChI=1S/C13H17N3O3/c14-9-1-2-10(15-8-9)7-12(17)16(11-3-4-11)6-5-13(18)19/h1-2,8,11H,3-7,14H2,(H,18,19). The van der Waals surface area contributed by atoms with E-state index in [1.807, 2.05) is 0 Å². The fraction of sp³-hybridized carbons (Fsp3) is 0.462. The van der Waals surface area contributed by atoms with Gasteiger partial charge in [-0.1, -0.05) is 0 Å². The summed E-state index contributed by atoms with van der Waals surface area (Å²) in [6.45, 7) is 0.272. The van der Waals surface area contributed by atoms with Crippen LogP contribution in [0.1, 0.15) is 25.0 Å². The number of carbonyl (C=O) groups excluding carboxylic acids is 1. The smallest absolute Gasteiger partial charge is 0.305 e. The van der Waals surface area contributed by atoms with E-state index in [0.717, 1.165) is 12.8 Å². The van der Waals surface area contributed by atoms with E-state index < -0.39 is 5.97 Å². The average Bonchev–Trinajstić information content (AvgIpc) is 3.16. The Hall–Kier alpha value is -2.11. The molecule has 1 heterocycles. The highest BCUT2D eigenvalue weighted by Gasteiger charge is 2.32. The van der Waals surface area contributed by atoms with Crippen molar-refractivity contribution in [1.29, 1.82) is 0 Å². The quantitative estimate of drug-likeness (QED) is 0.786. The third kappa shape index (κ3) is 3.94. The van der Waals surface area contributed by atoms with Crippen LogP contribution >= 0.6 is 0 Å². The molecule has 0 radical (unpaired) electrons. The van der Waals surface area contributed by atoms with Gasteiger partial charge in [-0.3, -0.25) is 14.6 Å². The molecule has 1 saturated carbocycles. The van der Waals surface area contributed by atoms with Gasteiger partial charge < -0.3 is 15.7 Å². The number of hydrogen-bond donors (Lipinski definition) is 2. The molecule has 0 unspecified atom stereocenters. The number of amides is 1. The maximum absolute atomic E-state index is 12.2. The van der Waals surface area contributed by atoms with Crippen LogP contribution in [-0.4, -0.2) is 39.5 Å². The molecule has 2 rings (SSSR count). The molecule has 0 spiro atoms. The van der Waals surface area contributed by atoms with Crippen molar-refractivity contribution in [1.82, 2.24) is 9.88 Å². The number of carboxylic acid groups (broad SMARTS) is 1. The predicted molar refractivity (Wildman–Crippen MR) is 69.3 cm³/mol. The maximum atomic E-state index is 12.2. The van der Waals surface area contributed by atoms with E-state index in [2.05, 4.69) is 4.98 Å². The van der Waals surface area contributed by atoms with Crippen LogP contribution in [0, 0.1) is 0 Å². The van der Waals surface area contributed by atoms with Gasteiger partial charge >= 0.3 is 5.97 Å². The van der Waals surface area contributed by atoms with E-state index in [4.69, 9.17) is 10.8 Å². The number of aliphatic carboxylic acids is 1. The van der Waals surface area contributed by atoms with Crippen molar-refractivity contribution in [3.63, 3.8) is 0 Å². The van der Waals surface area contributed by atoms with Gasteiger partial charge in [0.2, 0.25) is 5.91 Å². The van der Waals surface area contributed by atoms with E-state index >= 15 is 0 Å². The topological polar surface area (TPSA) is 96.5 Å². The number of rotatable bonds is 6. The van der Waals surface area contributed by atoms with E-state index in [9.17, 15) is 9.59 Å². The molecule has 1 aromatic heterocycles. The zero-order chi connectivity index (χ0) is 13.8. The van der Waals surface area contributed by atoms with Crippen LogP contribution in [0.5, 0.6) is 0 Å². The molecular weight excluding hydrogens is 246 g/mol. The first-order chi connectivity index (χ1) is 9.06. The lowest BCUT2D eigenvalue weighted by Crippen LogP contribution is -2.36. The summed E-state index contributed by atoms with van der Waals surface area (Å²) in [5.74, 6) is -0.954. The number of aromatic nitrogens is 1. The second-order valence-electron chi connectivity index (χ2n) is 4.72. The van der Waals surface area contributed by atoms with E-state index in [1.165, 1.54) is 6.20 Å². The first-order valence-corrected chi connectivity index (χ1v) is 6.28. The van der Waals surface area contributed by atoms with Crippen molar-refractivity contribution in [2.45, 2.75) is 31.7 Å². The zero-order valence-electron chi connectivity index (χ0n) is 10.6. The molecule has 1 fully saturated rings. The maximum Gasteiger partial charge on any atom is 0.305 e. The summed E-state index contributed by atoms with van der Waals surface area (Å²) < 4.78 is 0. The van der Waals surface area contributed by atoms with Gasteiger partial charge in [0, 0.05) is 18.3 Å². The van der Waals surface area contributed by atoms with Crippen LogP contribution in [0.15, 0.2) is 18.3 Å². The van der Waals surface area contributed by atoms with Gasteiger partial charge in [0.25, 0.3) is 0 Å². The zero-order valence-corrected chi connectivity index (χ0v) is 10.6. The van der Waals surface area contributed by atoms with Gasteiger partial charge in [-0.2, -0.15) is 0 Å². The molecule has 6 heteroatoms. The summed E-state index contributed by atoms with van der Waals surface area (Å²) in [7, 11) is 0. The fourth-order valence-corrected chi connectivity index (χ4v) is 1.91. The number of anilines is 1. The third-order valence-corrected chi connectivity index (χ3v) is 3.05. The van der Waals surface area contributed by atoms with Crippen LogP contribution in [0.25, 0.3) is 0 Å². The van der Waals surface area contributed by atoms with E-state index in [1.54, 1.807) is 17.0 Å². The molecule has 0 aromatic carbocycles. The summed E-state index contributed by atoms with van der Waals surface area (Å²) >= 11 is 0. The van der Waals surface area contributed by atoms with Crippen molar-refractivity contribution in [3.05, 3.63) is 24.0 Å². The minimum Gasteiger partial charge on any atom is -0.481 e. The number of nitrogen functional groups attached to an aromatic ring is 1. The van der Waals surface area contributed by atoms with Crippen LogP contribution in [0.3, 0.4) is 0 Å². The monoisotopic (exact) mass is 263 g/mol. The van der Waals surface area contributed by atoms with Crippen LogP contribution < -0.4 is 5.73 Å². The Morgan fingerprint density at radius 2 is 2.16 bits per heavy atom. The molecular formula is C13H17N3O3. The van der Waals surface area contributed by atoms with Crippen LogP contribution in [-0.2, 0) is 16.0 Å². The lowest BCUT2D eigenvalue weighted by molar-refractivity contribution is -0.138. The molecule has 1 aromatic rings. The van der Waals surface area contributed by atoms with E-state index in [0.29, 0.717) is 11.4 Å². The van der Waals surface area contributed by atoms with Crippen molar-refractivity contribution < 1.29 is 14.7 Å². The first-order valence-electron chi connectivity index (χ1n) is 6.28. The summed E-state index contributed by atoms with van der Waals surface area (Å²) in [4.78, 5) is 28.5. The van der Waals surface area contributed by atoms with Crippen molar-refractivity contribution in [2.75, 3.05) is 12.3 Å². The molecule has 1 amide bonds. The second-order valence-corrected chi connectivity index (χ2v) is 4.72. The SMILES string of the molecule is Nc1ccc(CC(=O)N(CCC(=O)O)C2CC2)nc1. The van der Waals surface area contributed by atoms with Gasteiger partial charge in [-0.25, -0.2) is 0 Å². The number of nitrogens with two attached hydrogens (primary N) is 1. The van der Waals surface area contributed by atoms with Gasteiger partial charge in [0.1, 0.15) is 0 Å². The highest BCUT2D eigenvalue weighted by atomic mass is 16.4. The molecule has 0 aliphatic heterocycles. The van der Waals surface area contributed by atoms with Gasteiger partial charge in [-0.15, -0.1) is 0 Å². The first kappa shape index (κ1) is 13.3. The molecule has 1 aliphatic carbocycles. The molecule has 0 saturated heterocycles. The summed E-state index contributed by atoms with van der Waals surface area (Å²) in [5.41, 5.74) is 6.74. The Morgan fingerprint density at radius 1 is 1.42 bits per heavy atom. The Bertz CT molecular complexity index is 469. The number of hydrogen-bond acceptors (Lipinski definition) is 4. The number of pyridine rings is 1. The minimum atomic E-state index is -0.885. The van der Waals surface area contributed by atoms with Crippen molar-refractivity contribution >= 4 is 17.6 Å². The molecule has 0 atom stereocenters. The van der Waals surface area contributed by atoms with Gasteiger partial charge in [0.15, 0.2) is 0 Å². The van der Waals surface area contributed by atoms with E-state index in [-0.39, 0.29) is 31.3 Å². The largest absolute Gasteiger partial charge is 0.481 e. The lowest BCUT2D eigenvalue weighted by Gasteiger charge is -2.21. The summed E-state index contributed by atoms with van der Waals surface area (Å²) in [5, 5.41) is 8.70. The number of nitrogens with zero attached hydrogens (tertiary/aromatic N) is 2. The predicted octanol–water partition coefficient (Wildman–Crippen LogP) is 0.672. The van der Waals surface area contributed by atoms with Crippen molar-refractivity contribution in [3.8, 4) is 0 Å². The normalized spacial score (nSPS) is 14.1. The Labute approximate surface area is 111 Å². The minimum absolute atomic E-state index is 0.0165. The third-order valence-electron chi connectivity index (χ3n) is 3.05. The summed E-state index contributed by atoms with van der Waals surface area (Å²) in [6.07, 6.45) is 3.61. The summed E-state index contributed by atoms with van der Waals surface area (Å²) in [6, 6.07) is 3.63. The number of carbonyl (C=O) groups is 2. The lowest BCUT2D eigenvalue weighted by atomic mass is 10.2. The van der Waals surface area contributed by atoms with Crippen LogP contribution in [0.4, 0.5) is 5.69 Å². The van der Waals surface area contributed by atoms with Crippen LogP contribution in [0.2, 0.25) is 0 Å². The second kappa shape index (κ2) is 5.69. The van der Waals surface area contributed by atoms with Crippen molar-refractivity contribution in [2.24, 2.45) is 0 Å². The molecule has 19 heavy (non-hydrogen) atoms. The molecule has 6 nitrogen and oxygen atoms in total. The Morgan fingerprint density at radius 3 is 2.68 bits per heavy atom. The molecule has 1 aliphatic rings. The molecule has 0 bridgehead atoms. The average molecular weight is 263 g/mol. The highest BCUT2D eigenvalue weighted by molar-refractivity contribution is 5.79. The Balaban J connectivity index is 1.95. The van der Waals surface area contributed by atoms with Gasteiger partial charge in [-0.05, 0) is 25.0 Å². The fourth-order valence-electron chi connectivity index (χ4n) is 1.91. The van der Waals surface area contributed by atoms with Gasteiger partial charge in [0.05, 0.1) is 24.7 Å². The highest BCUT2D eigenvalue weighted by Crippen LogP contribution is 2.27. The molecule has 3 N–H and O–H groups in total. The number of carboxylic acids is 1.